The molecule has 0 saturated carbocycles. The summed E-state index contributed by atoms with van der Waals surface area (Å²) in [4.78, 5) is 13.0. The van der Waals surface area contributed by atoms with E-state index in [0.717, 1.165) is 28.7 Å². The lowest BCUT2D eigenvalue weighted by molar-refractivity contribution is 0.588. The van der Waals surface area contributed by atoms with Gasteiger partial charge >= 0.3 is 5.69 Å². The Kier molecular flexibility index (Phi) is 5.36. The molecule has 0 radical (unpaired) electrons. The molecule has 5 aromatic rings. The zero-order chi connectivity index (χ0) is 21.4. The molecule has 3 aromatic heterocycles. The molecular formula is C23H16Cl2N4OS. The van der Waals surface area contributed by atoms with Crippen LogP contribution >= 0.6 is 34.5 Å². The molecule has 0 unspecified atom stereocenters. The molecule has 0 spiro atoms. The van der Waals surface area contributed by atoms with Crippen LogP contribution in [0.4, 0.5) is 0 Å². The Balaban J connectivity index is 1.69. The first-order valence-corrected chi connectivity index (χ1v) is 11.3. The second-order valence-corrected chi connectivity index (χ2v) is 8.72. The number of rotatable bonds is 5. The van der Waals surface area contributed by atoms with Gasteiger partial charge in [-0.15, -0.1) is 5.10 Å². The lowest BCUT2D eigenvalue weighted by atomic mass is 9.97. The van der Waals surface area contributed by atoms with Crippen LogP contribution in [0.15, 0.2) is 76.3 Å². The molecule has 31 heavy (non-hydrogen) atoms. The number of aromatic nitrogens is 4. The van der Waals surface area contributed by atoms with Gasteiger partial charge in [-0.25, -0.2) is 9.48 Å². The van der Waals surface area contributed by atoms with Gasteiger partial charge in [-0.3, -0.25) is 0 Å². The highest BCUT2D eigenvalue weighted by atomic mass is 35.5. The van der Waals surface area contributed by atoms with Gasteiger partial charge in [0.25, 0.3) is 0 Å². The van der Waals surface area contributed by atoms with Gasteiger partial charge in [0, 0.05) is 21.2 Å². The van der Waals surface area contributed by atoms with E-state index in [1.165, 1.54) is 14.8 Å². The number of thiophene rings is 1. The highest BCUT2D eigenvalue weighted by Crippen LogP contribution is 2.34. The van der Waals surface area contributed by atoms with Gasteiger partial charge in [-0.05, 0) is 64.2 Å². The third-order valence-electron chi connectivity index (χ3n) is 5.09. The van der Waals surface area contributed by atoms with Crippen LogP contribution in [0, 0.1) is 0 Å². The summed E-state index contributed by atoms with van der Waals surface area (Å²) in [6.07, 6.45) is 2.43. The number of benzene rings is 2. The summed E-state index contributed by atoms with van der Waals surface area (Å²) in [7, 11) is 0. The third-order valence-corrected chi connectivity index (χ3v) is 6.33. The molecule has 5 rings (SSSR count). The molecule has 3 heterocycles. The largest absolute Gasteiger partial charge is 0.367 e. The molecular weight excluding hydrogens is 451 g/mol. The monoisotopic (exact) mass is 466 g/mol. The van der Waals surface area contributed by atoms with Crippen molar-refractivity contribution in [1.29, 1.82) is 0 Å². The van der Waals surface area contributed by atoms with Crippen molar-refractivity contribution in [3.8, 4) is 22.3 Å². The van der Waals surface area contributed by atoms with E-state index in [1.807, 2.05) is 53.9 Å². The van der Waals surface area contributed by atoms with E-state index in [-0.39, 0.29) is 5.69 Å². The predicted octanol–water partition coefficient (Wildman–Crippen LogP) is 5.84. The van der Waals surface area contributed by atoms with Crippen molar-refractivity contribution in [2.24, 2.45) is 0 Å². The van der Waals surface area contributed by atoms with E-state index in [4.69, 9.17) is 23.2 Å². The van der Waals surface area contributed by atoms with E-state index < -0.39 is 0 Å². The molecule has 0 aliphatic rings. The van der Waals surface area contributed by atoms with Crippen LogP contribution in [-0.2, 0) is 13.0 Å². The number of nitrogens with zero attached hydrogens (tertiary/aromatic N) is 4. The van der Waals surface area contributed by atoms with E-state index in [2.05, 4.69) is 21.6 Å². The molecule has 0 aliphatic heterocycles. The average molecular weight is 467 g/mol. The van der Waals surface area contributed by atoms with Crippen molar-refractivity contribution >= 4 is 40.2 Å². The Morgan fingerprint density at radius 3 is 2.23 bits per heavy atom. The quantitative estimate of drug-likeness (QED) is 0.327. The first kappa shape index (κ1) is 20.0. The number of hydrogen-bond acceptors (Lipinski definition) is 4. The molecule has 0 atom stereocenters. The number of fused-ring (bicyclic) bond motifs is 1. The van der Waals surface area contributed by atoms with Crippen molar-refractivity contribution in [3.63, 3.8) is 0 Å². The molecule has 0 bridgehead atoms. The Hall–Kier alpha value is -2.93. The standard InChI is InChI=1S/C23H16Cl2N4OS/c24-18-5-1-16(2-6-18)20-13-26-29-22(21(20)17-3-7-19(25)8-4-17)27-28(23(29)30)11-9-15-10-12-31-14-15/h1-8,10,12-14H,9,11H2. The lowest BCUT2D eigenvalue weighted by Gasteiger charge is -2.11. The summed E-state index contributed by atoms with van der Waals surface area (Å²) in [5, 5.41) is 14.5. The van der Waals surface area contributed by atoms with E-state index in [9.17, 15) is 4.79 Å². The Morgan fingerprint density at radius 2 is 1.58 bits per heavy atom. The Labute approximate surface area is 192 Å². The van der Waals surface area contributed by atoms with Gasteiger partial charge in [0.15, 0.2) is 5.65 Å². The van der Waals surface area contributed by atoms with Crippen LogP contribution in [0.5, 0.6) is 0 Å². The maximum absolute atomic E-state index is 13.0. The summed E-state index contributed by atoms with van der Waals surface area (Å²) >= 11 is 13.8. The van der Waals surface area contributed by atoms with Gasteiger partial charge < -0.3 is 0 Å². The van der Waals surface area contributed by atoms with Crippen LogP contribution in [0.25, 0.3) is 27.9 Å². The molecule has 5 nitrogen and oxygen atoms in total. The normalized spacial score (nSPS) is 11.3. The Morgan fingerprint density at radius 1 is 0.903 bits per heavy atom. The van der Waals surface area contributed by atoms with Gasteiger partial charge in [0.2, 0.25) is 0 Å². The number of hydrogen-bond donors (Lipinski definition) is 0. The van der Waals surface area contributed by atoms with Crippen LogP contribution in [-0.4, -0.2) is 19.4 Å². The van der Waals surface area contributed by atoms with Crippen molar-refractivity contribution in [2.45, 2.75) is 13.0 Å². The van der Waals surface area contributed by atoms with Gasteiger partial charge in [0.05, 0.1) is 12.7 Å². The topological polar surface area (TPSA) is 52.2 Å². The summed E-state index contributed by atoms with van der Waals surface area (Å²) in [6.45, 7) is 0.481. The lowest BCUT2D eigenvalue weighted by Crippen LogP contribution is -2.23. The molecule has 0 fully saturated rings. The van der Waals surface area contributed by atoms with Crippen LogP contribution in [0.2, 0.25) is 10.0 Å². The highest BCUT2D eigenvalue weighted by molar-refractivity contribution is 7.07. The van der Waals surface area contributed by atoms with Crippen LogP contribution in [0.1, 0.15) is 5.56 Å². The molecule has 8 heteroatoms. The fourth-order valence-electron chi connectivity index (χ4n) is 3.52. The predicted molar refractivity (Wildman–Crippen MR) is 126 cm³/mol. The summed E-state index contributed by atoms with van der Waals surface area (Å²) in [5.41, 5.74) is 4.94. The highest BCUT2D eigenvalue weighted by Gasteiger charge is 2.18. The number of aryl methyl sites for hydroxylation is 2. The van der Waals surface area contributed by atoms with E-state index >= 15 is 0 Å². The summed E-state index contributed by atoms with van der Waals surface area (Å²) < 4.78 is 2.84. The molecule has 0 aliphatic carbocycles. The second kappa shape index (κ2) is 8.30. The fourth-order valence-corrected chi connectivity index (χ4v) is 4.48. The first-order valence-electron chi connectivity index (χ1n) is 9.62. The number of halogens is 2. The van der Waals surface area contributed by atoms with Gasteiger partial charge in [0.1, 0.15) is 0 Å². The minimum atomic E-state index is -0.261. The van der Waals surface area contributed by atoms with Crippen molar-refractivity contribution in [1.82, 2.24) is 19.4 Å². The third kappa shape index (κ3) is 3.90. The second-order valence-electron chi connectivity index (χ2n) is 7.07. The molecule has 0 amide bonds. The zero-order valence-electron chi connectivity index (χ0n) is 16.2. The van der Waals surface area contributed by atoms with Crippen molar-refractivity contribution in [3.05, 3.63) is 97.6 Å². The molecule has 0 saturated heterocycles. The van der Waals surface area contributed by atoms with Crippen LogP contribution < -0.4 is 5.69 Å². The molecule has 154 valence electrons. The SMILES string of the molecule is O=c1n(CCc2ccsc2)nc2c(-c3ccc(Cl)cc3)c(-c3ccc(Cl)cc3)cnn12. The maximum Gasteiger partial charge on any atom is 0.367 e. The van der Waals surface area contributed by atoms with E-state index in [1.54, 1.807) is 17.5 Å². The van der Waals surface area contributed by atoms with E-state index in [0.29, 0.717) is 22.2 Å². The first-order chi connectivity index (χ1) is 15.1. The van der Waals surface area contributed by atoms with Crippen molar-refractivity contribution < 1.29 is 0 Å². The minimum Gasteiger partial charge on any atom is -0.244 e. The van der Waals surface area contributed by atoms with Crippen LogP contribution in [0.3, 0.4) is 0 Å². The molecule has 0 N–H and O–H groups in total. The van der Waals surface area contributed by atoms with Gasteiger partial charge in [-0.1, -0.05) is 47.5 Å². The summed E-state index contributed by atoms with van der Waals surface area (Å²) in [6, 6.07) is 17.1. The summed E-state index contributed by atoms with van der Waals surface area (Å²) in [5.74, 6) is 0. The zero-order valence-corrected chi connectivity index (χ0v) is 18.5. The fraction of sp³-hybridized carbons (Fsp3) is 0.0870. The maximum atomic E-state index is 13.0. The Bertz CT molecular complexity index is 1410. The van der Waals surface area contributed by atoms with Gasteiger partial charge in [-0.2, -0.15) is 21.0 Å². The molecule has 2 aromatic carbocycles. The smallest absolute Gasteiger partial charge is 0.244 e. The minimum absolute atomic E-state index is 0.261. The van der Waals surface area contributed by atoms with Crippen molar-refractivity contribution in [2.75, 3.05) is 0 Å². The average Bonchev–Trinajstić information content (AvgIpc) is 3.41.